The summed E-state index contributed by atoms with van der Waals surface area (Å²) in [6.45, 7) is 8.50. The molecule has 3 N–H and O–H groups in total. The summed E-state index contributed by atoms with van der Waals surface area (Å²) in [6.07, 6.45) is -1.30. The van der Waals surface area contributed by atoms with Crippen LogP contribution >= 0.6 is 0 Å². The van der Waals surface area contributed by atoms with Gasteiger partial charge in [-0.15, -0.1) is 0 Å². The Balaban J connectivity index is 1.36. The van der Waals surface area contributed by atoms with E-state index in [0.717, 1.165) is 12.0 Å². The van der Waals surface area contributed by atoms with Crippen molar-refractivity contribution in [2.24, 2.45) is 11.8 Å². The van der Waals surface area contributed by atoms with Gasteiger partial charge in [-0.05, 0) is 62.4 Å². The number of benzene rings is 2. The van der Waals surface area contributed by atoms with E-state index in [1.54, 1.807) is 25.3 Å². The smallest absolute Gasteiger partial charge is 0.407 e. The average Bonchev–Trinajstić information content (AvgIpc) is 3.67. The van der Waals surface area contributed by atoms with E-state index in [9.17, 15) is 18.3 Å². The van der Waals surface area contributed by atoms with E-state index in [1.165, 1.54) is 16.4 Å². The molecule has 1 amide bonds. The number of nitrogens with one attached hydrogen (secondary N) is 2. The minimum absolute atomic E-state index is 0.0111. The molecule has 5 atom stereocenters. The maximum Gasteiger partial charge on any atom is 0.407 e. The normalized spacial score (nSPS) is 21.2. The monoisotopic (exact) mass is 674 g/mol. The summed E-state index contributed by atoms with van der Waals surface area (Å²) >= 11 is 0. The third kappa shape index (κ3) is 8.73. The van der Waals surface area contributed by atoms with Crippen LogP contribution in [0.25, 0.3) is 11.1 Å². The van der Waals surface area contributed by atoms with Crippen LogP contribution in [0, 0.1) is 11.8 Å². The molecule has 2 aliphatic rings. The Hall–Kier alpha value is -3.43. The number of alkyl carbamates (subject to hydrolysis) is 1. The lowest BCUT2D eigenvalue weighted by atomic mass is 9.95. The van der Waals surface area contributed by atoms with Gasteiger partial charge in [0.25, 0.3) is 6.01 Å². The van der Waals surface area contributed by atoms with Crippen molar-refractivity contribution in [3.8, 4) is 5.75 Å². The highest BCUT2D eigenvalue weighted by Gasteiger charge is 2.41. The van der Waals surface area contributed by atoms with Crippen molar-refractivity contribution in [3.05, 3.63) is 48.0 Å². The van der Waals surface area contributed by atoms with E-state index in [4.69, 9.17) is 23.4 Å². The molecule has 2 fully saturated rings. The Labute approximate surface area is 276 Å². The fourth-order valence-corrected chi connectivity index (χ4v) is 7.57. The van der Waals surface area contributed by atoms with Crippen LogP contribution in [0.15, 0.2) is 51.8 Å². The van der Waals surface area contributed by atoms with Crippen molar-refractivity contribution < 1.29 is 41.7 Å². The molecule has 47 heavy (non-hydrogen) atoms. The molecule has 3 aromatic rings. The third-order valence-electron chi connectivity index (χ3n) is 8.26. The van der Waals surface area contributed by atoms with Crippen molar-refractivity contribution in [1.82, 2.24) is 14.6 Å². The zero-order valence-electron chi connectivity index (χ0n) is 27.5. The first kappa shape index (κ1) is 34.9. The largest absolute Gasteiger partial charge is 0.497 e. The second-order valence-corrected chi connectivity index (χ2v) is 14.8. The van der Waals surface area contributed by atoms with Crippen LogP contribution in [0.1, 0.15) is 46.1 Å². The average molecular weight is 675 g/mol. The molecular formula is C33H46N4O9S. The van der Waals surface area contributed by atoms with Crippen LogP contribution in [-0.4, -0.2) is 92.9 Å². The van der Waals surface area contributed by atoms with Crippen LogP contribution in [0.4, 0.5) is 10.8 Å². The number of aromatic nitrogens is 1. The predicted octanol–water partition coefficient (Wildman–Crippen LogP) is 4.15. The Bertz CT molecular complexity index is 1600. The first-order chi connectivity index (χ1) is 22.4. The number of nitrogens with zero attached hydrogens (tertiary/aromatic N) is 2. The van der Waals surface area contributed by atoms with Crippen LogP contribution in [-0.2, 0) is 30.7 Å². The molecule has 0 aliphatic carbocycles. The molecule has 2 aliphatic heterocycles. The second-order valence-electron chi connectivity index (χ2n) is 12.8. The van der Waals surface area contributed by atoms with E-state index in [1.807, 2.05) is 39.8 Å². The standard InChI is InChI=1S/C33H46N4O9S/c1-20(2)18-37(47(40,41)24-10-11-26-30(17-24)45-32(35-26)34-21(3)4)19-28(38)27(16-22-6-8-23(42-5)9-7-22)36-33(39)46-29-13-15-44-31-25(29)12-14-43-31/h6-11,17,20-21,25,27-29,31,38H,12-16,18-19H2,1-5H3,(H,34,35)(H,36,39)/t25-,27-,28+,29-,31+/m0/s1. The Morgan fingerprint density at radius 3 is 2.47 bits per heavy atom. The van der Waals surface area contributed by atoms with Crippen LogP contribution in [0.3, 0.4) is 0 Å². The molecule has 0 bridgehead atoms. The number of oxazole rings is 1. The van der Waals surface area contributed by atoms with Gasteiger partial charge < -0.3 is 39.1 Å². The number of rotatable bonds is 14. The van der Waals surface area contributed by atoms with Crippen LogP contribution in [0.2, 0.25) is 0 Å². The van der Waals surface area contributed by atoms with Gasteiger partial charge in [0, 0.05) is 37.5 Å². The van der Waals surface area contributed by atoms with Gasteiger partial charge in [0.2, 0.25) is 10.0 Å². The van der Waals surface area contributed by atoms with Crippen LogP contribution in [0.5, 0.6) is 5.75 Å². The number of fused-ring (bicyclic) bond motifs is 2. The number of aliphatic hydroxyl groups is 1. The quantitative estimate of drug-likeness (QED) is 0.225. The molecule has 1 aromatic heterocycles. The minimum Gasteiger partial charge on any atom is -0.497 e. The molecule has 3 heterocycles. The molecule has 2 saturated heterocycles. The first-order valence-electron chi connectivity index (χ1n) is 16.1. The fraction of sp³-hybridized carbons (Fsp3) is 0.576. The number of hydrogen-bond donors (Lipinski definition) is 3. The maximum absolute atomic E-state index is 14.1. The van der Waals surface area contributed by atoms with Gasteiger partial charge in [-0.25, -0.2) is 13.2 Å². The van der Waals surface area contributed by atoms with E-state index in [0.29, 0.717) is 42.5 Å². The van der Waals surface area contributed by atoms with Gasteiger partial charge in [-0.3, -0.25) is 0 Å². The summed E-state index contributed by atoms with van der Waals surface area (Å²) < 4.78 is 57.5. The molecule has 258 valence electrons. The van der Waals surface area contributed by atoms with E-state index in [2.05, 4.69) is 15.6 Å². The summed E-state index contributed by atoms with van der Waals surface area (Å²) in [6, 6.07) is 11.3. The van der Waals surface area contributed by atoms with Crippen LogP contribution < -0.4 is 15.4 Å². The number of carbonyl (C=O) groups is 1. The third-order valence-corrected chi connectivity index (χ3v) is 10.1. The highest BCUT2D eigenvalue weighted by Crippen LogP contribution is 2.33. The lowest BCUT2D eigenvalue weighted by molar-refractivity contribution is -0.179. The minimum atomic E-state index is -4.10. The highest BCUT2D eigenvalue weighted by molar-refractivity contribution is 7.89. The summed E-state index contributed by atoms with van der Waals surface area (Å²) in [7, 11) is -2.53. The summed E-state index contributed by atoms with van der Waals surface area (Å²) in [4.78, 5) is 17.7. The lowest BCUT2D eigenvalue weighted by Crippen LogP contribution is -2.52. The van der Waals surface area contributed by atoms with E-state index in [-0.39, 0.29) is 42.3 Å². The topological polar surface area (TPSA) is 162 Å². The molecule has 14 heteroatoms. The number of carbonyl (C=O) groups excluding carboxylic acids is 1. The Morgan fingerprint density at radius 2 is 1.79 bits per heavy atom. The number of amides is 1. The van der Waals surface area contributed by atoms with E-state index < -0.39 is 40.7 Å². The van der Waals surface area contributed by atoms with Gasteiger partial charge in [0.15, 0.2) is 11.9 Å². The summed E-state index contributed by atoms with van der Waals surface area (Å²) in [5, 5.41) is 17.6. The zero-order valence-corrected chi connectivity index (χ0v) is 28.4. The number of anilines is 1. The van der Waals surface area contributed by atoms with Gasteiger partial charge in [-0.1, -0.05) is 26.0 Å². The van der Waals surface area contributed by atoms with Gasteiger partial charge in [0.05, 0.1) is 37.4 Å². The Morgan fingerprint density at radius 1 is 1.06 bits per heavy atom. The summed E-state index contributed by atoms with van der Waals surface area (Å²) in [5.74, 6) is 0.544. The number of ether oxygens (including phenoxy) is 4. The molecule has 13 nitrogen and oxygen atoms in total. The summed E-state index contributed by atoms with van der Waals surface area (Å²) in [5.41, 5.74) is 1.65. The molecule has 0 saturated carbocycles. The van der Waals surface area contributed by atoms with Crippen molar-refractivity contribution in [2.75, 3.05) is 38.7 Å². The Kier molecular flexibility index (Phi) is 11.3. The fourth-order valence-electron chi connectivity index (χ4n) is 5.93. The van der Waals surface area contributed by atoms with Crippen molar-refractivity contribution in [2.45, 2.75) is 82.4 Å². The molecule has 2 aromatic carbocycles. The van der Waals surface area contributed by atoms with Gasteiger partial charge in [0.1, 0.15) is 17.4 Å². The van der Waals surface area contributed by atoms with Crippen molar-refractivity contribution in [3.63, 3.8) is 0 Å². The van der Waals surface area contributed by atoms with Crippen molar-refractivity contribution in [1.29, 1.82) is 0 Å². The molecule has 5 rings (SSSR count). The number of methoxy groups -OCH3 is 1. The molecule has 0 unspecified atom stereocenters. The predicted molar refractivity (Wildman–Crippen MR) is 175 cm³/mol. The first-order valence-corrected chi connectivity index (χ1v) is 17.6. The number of sulfonamides is 1. The maximum atomic E-state index is 14.1. The second kappa shape index (κ2) is 15.2. The molecular weight excluding hydrogens is 628 g/mol. The van der Waals surface area contributed by atoms with Crippen molar-refractivity contribution >= 4 is 33.2 Å². The highest BCUT2D eigenvalue weighted by atomic mass is 32.2. The lowest BCUT2D eigenvalue weighted by Gasteiger charge is -2.33. The van der Waals surface area contributed by atoms with E-state index >= 15 is 0 Å². The SMILES string of the molecule is COc1ccc(C[C@H](NC(=O)O[C@H]2CCO[C@H]3OCC[C@H]32)[C@H](O)CN(CC(C)C)S(=O)(=O)c2ccc3nc(NC(C)C)oc3c2)cc1. The number of hydrogen-bond acceptors (Lipinski definition) is 11. The number of aliphatic hydroxyl groups excluding tert-OH is 1. The van der Waals surface area contributed by atoms with Gasteiger partial charge >= 0.3 is 6.09 Å². The molecule has 0 radical (unpaired) electrons. The van der Waals surface area contributed by atoms with Gasteiger partial charge in [-0.2, -0.15) is 9.29 Å². The molecule has 0 spiro atoms. The zero-order chi connectivity index (χ0) is 33.7.